The highest BCUT2D eigenvalue weighted by molar-refractivity contribution is 5.68. The van der Waals surface area contributed by atoms with Crippen LogP contribution in [0.1, 0.15) is 18.1 Å². The molecule has 2 aromatic rings. The molecule has 0 aliphatic carbocycles. The molecule has 0 atom stereocenters. The van der Waals surface area contributed by atoms with E-state index < -0.39 is 0 Å². The largest absolute Gasteiger partial charge is 0.341 e. The normalized spacial score (nSPS) is 13.9. The minimum Gasteiger partial charge on any atom is -0.341 e. The van der Waals surface area contributed by atoms with Crippen LogP contribution in [-0.4, -0.2) is 13.1 Å². The lowest BCUT2D eigenvalue weighted by molar-refractivity contribution is 0.627. The zero-order valence-electron chi connectivity index (χ0n) is 11.7. The van der Waals surface area contributed by atoms with Crippen molar-refractivity contribution < 1.29 is 4.39 Å². The number of rotatable bonds is 3. The van der Waals surface area contributed by atoms with E-state index in [1.165, 1.54) is 28.9 Å². The van der Waals surface area contributed by atoms with Crippen LogP contribution in [0.3, 0.4) is 0 Å². The van der Waals surface area contributed by atoms with Gasteiger partial charge in [-0.05, 0) is 61.3 Å². The van der Waals surface area contributed by atoms with Crippen LogP contribution < -0.4 is 10.2 Å². The third-order valence-corrected chi connectivity index (χ3v) is 3.87. The van der Waals surface area contributed by atoms with E-state index in [9.17, 15) is 4.39 Å². The molecule has 0 bridgehead atoms. The molecule has 0 saturated carbocycles. The number of fused-ring (bicyclic) bond motifs is 1. The van der Waals surface area contributed by atoms with Gasteiger partial charge in [0.1, 0.15) is 5.82 Å². The van der Waals surface area contributed by atoms with Crippen molar-refractivity contribution in [1.29, 1.82) is 0 Å². The van der Waals surface area contributed by atoms with Gasteiger partial charge in [0.2, 0.25) is 0 Å². The van der Waals surface area contributed by atoms with Gasteiger partial charge < -0.3 is 10.2 Å². The number of halogens is 1. The number of anilines is 2. The Morgan fingerprint density at radius 3 is 2.70 bits per heavy atom. The van der Waals surface area contributed by atoms with Gasteiger partial charge in [0.05, 0.1) is 0 Å². The molecule has 0 saturated heterocycles. The summed E-state index contributed by atoms with van der Waals surface area (Å²) in [5.41, 5.74) is 5.04. The first-order chi connectivity index (χ1) is 9.79. The fourth-order valence-electron chi connectivity index (χ4n) is 2.86. The molecule has 0 unspecified atom stereocenters. The molecule has 0 spiro atoms. The minimum atomic E-state index is -0.193. The maximum atomic E-state index is 13.1. The zero-order chi connectivity index (χ0) is 13.9. The fourth-order valence-corrected chi connectivity index (χ4v) is 2.86. The van der Waals surface area contributed by atoms with Crippen molar-refractivity contribution in [2.45, 2.75) is 19.9 Å². The molecule has 2 nitrogen and oxygen atoms in total. The van der Waals surface area contributed by atoms with Crippen LogP contribution in [0.25, 0.3) is 0 Å². The van der Waals surface area contributed by atoms with Gasteiger partial charge in [-0.3, -0.25) is 0 Å². The molecule has 1 N–H and O–H groups in total. The molecule has 1 aliphatic rings. The standard InChI is InChI=1S/C17H19FN2/c1-2-20(15-8-6-14(18)7-9-15)17-5-3-4-13-10-11-19-12-16(13)17/h3-9,19H,2,10-12H2,1H3. The second-order valence-electron chi connectivity index (χ2n) is 5.06. The number of nitrogens with zero attached hydrogens (tertiary/aromatic N) is 1. The van der Waals surface area contributed by atoms with E-state index in [-0.39, 0.29) is 5.82 Å². The highest BCUT2D eigenvalue weighted by Crippen LogP contribution is 2.31. The summed E-state index contributed by atoms with van der Waals surface area (Å²) < 4.78 is 13.1. The third kappa shape index (κ3) is 2.41. The van der Waals surface area contributed by atoms with Gasteiger partial charge in [-0.1, -0.05) is 12.1 Å². The van der Waals surface area contributed by atoms with Gasteiger partial charge in [-0.2, -0.15) is 0 Å². The first kappa shape index (κ1) is 13.1. The van der Waals surface area contributed by atoms with Crippen LogP contribution in [0.4, 0.5) is 15.8 Å². The van der Waals surface area contributed by atoms with E-state index in [0.717, 1.165) is 31.7 Å². The highest BCUT2D eigenvalue weighted by atomic mass is 19.1. The summed E-state index contributed by atoms with van der Waals surface area (Å²) in [5, 5.41) is 3.43. The van der Waals surface area contributed by atoms with Crippen LogP contribution in [-0.2, 0) is 13.0 Å². The Bertz CT molecular complexity index is 592. The van der Waals surface area contributed by atoms with Crippen molar-refractivity contribution in [2.75, 3.05) is 18.0 Å². The molecule has 0 aromatic heterocycles. The SMILES string of the molecule is CCN(c1ccc(F)cc1)c1cccc2c1CNCC2. The van der Waals surface area contributed by atoms with Crippen molar-refractivity contribution in [3.05, 3.63) is 59.4 Å². The maximum Gasteiger partial charge on any atom is 0.123 e. The summed E-state index contributed by atoms with van der Waals surface area (Å²) >= 11 is 0. The van der Waals surface area contributed by atoms with Crippen molar-refractivity contribution in [1.82, 2.24) is 5.32 Å². The average molecular weight is 270 g/mol. The van der Waals surface area contributed by atoms with E-state index in [0.29, 0.717) is 0 Å². The smallest absolute Gasteiger partial charge is 0.123 e. The summed E-state index contributed by atoms with van der Waals surface area (Å²) in [5.74, 6) is -0.193. The van der Waals surface area contributed by atoms with Crippen LogP contribution >= 0.6 is 0 Å². The Balaban J connectivity index is 2.03. The predicted octanol–water partition coefficient (Wildman–Crippen LogP) is 3.63. The Labute approximate surface area is 119 Å². The van der Waals surface area contributed by atoms with Gasteiger partial charge in [-0.25, -0.2) is 4.39 Å². The first-order valence-corrected chi connectivity index (χ1v) is 7.14. The minimum absolute atomic E-state index is 0.193. The summed E-state index contributed by atoms with van der Waals surface area (Å²) in [6.07, 6.45) is 1.07. The predicted molar refractivity (Wildman–Crippen MR) is 80.9 cm³/mol. The summed E-state index contributed by atoms with van der Waals surface area (Å²) in [7, 11) is 0. The van der Waals surface area contributed by atoms with Gasteiger partial charge in [0.25, 0.3) is 0 Å². The summed E-state index contributed by atoms with van der Waals surface area (Å²) in [4.78, 5) is 2.24. The average Bonchev–Trinajstić information content (AvgIpc) is 2.50. The molecule has 1 heterocycles. The molecule has 3 heteroatoms. The van der Waals surface area contributed by atoms with Crippen LogP contribution in [0, 0.1) is 5.82 Å². The molecule has 20 heavy (non-hydrogen) atoms. The second-order valence-corrected chi connectivity index (χ2v) is 5.06. The van der Waals surface area contributed by atoms with E-state index in [1.807, 2.05) is 12.1 Å². The molecule has 1 aliphatic heterocycles. The van der Waals surface area contributed by atoms with Gasteiger partial charge in [0, 0.05) is 24.5 Å². The Hall–Kier alpha value is -1.87. The maximum absolute atomic E-state index is 13.1. The molecular weight excluding hydrogens is 251 g/mol. The third-order valence-electron chi connectivity index (χ3n) is 3.87. The van der Waals surface area contributed by atoms with Crippen LogP contribution in [0.2, 0.25) is 0 Å². The fraction of sp³-hybridized carbons (Fsp3) is 0.294. The van der Waals surface area contributed by atoms with Crippen molar-refractivity contribution in [3.8, 4) is 0 Å². The molecule has 0 amide bonds. The molecule has 0 fully saturated rings. The summed E-state index contributed by atoms with van der Waals surface area (Å²) in [6, 6.07) is 13.2. The molecular formula is C17H19FN2. The molecule has 0 radical (unpaired) electrons. The van der Waals surface area contributed by atoms with Crippen molar-refractivity contribution >= 4 is 11.4 Å². The number of benzene rings is 2. The monoisotopic (exact) mass is 270 g/mol. The zero-order valence-corrected chi connectivity index (χ0v) is 11.7. The van der Waals surface area contributed by atoms with Crippen molar-refractivity contribution in [2.24, 2.45) is 0 Å². The highest BCUT2D eigenvalue weighted by Gasteiger charge is 2.17. The van der Waals surface area contributed by atoms with Gasteiger partial charge in [0.15, 0.2) is 0 Å². The summed E-state index contributed by atoms with van der Waals surface area (Å²) in [6.45, 7) is 4.93. The second kappa shape index (κ2) is 5.63. The Kier molecular flexibility index (Phi) is 3.70. The van der Waals surface area contributed by atoms with E-state index in [2.05, 4.69) is 35.3 Å². The number of hydrogen-bond donors (Lipinski definition) is 1. The van der Waals surface area contributed by atoms with Crippen LogP contribution in [0.15, 0.2) is 42.5 Å². The van der Waals surface area contributed by atoms with Gasteiger partial charge >= 0.3 is 0 Å². The molecule has 2 aromatic carbocycles. The molecule has 3 rings (SSSR count). The van der Waals surface area contributed by atoms with Gasteiger partial charge in [-0.15, -0.1) is 0 Å². The Morgan fingerprint density at radius 1 is 1.15 bits per heavy atom. The topological polar surface area (TPSA) is 15.3 Å². The van der Waals surface area contributed by atoms with E-state index in [4.69, 9.17) is 0 Å². The number of hydrogen-bond acceptors (Lipinski definition) is 2. The van der Waals surface area contributed by atoms with E-state index in [1.54, 1.807) is 0 Å². The lowest BCUT2D eigenvalue weighted by Crippen LogP contribution is -2.27. The van der Waals surface area contributed by atoms with Crippen molar-refractivity contribution in [3.63, 3.8) is 0 Å². The lowest BCUT2D eigenvalue weighted by atomic mass is 9.98. The Morgan fingerprint density at radius 2 is 1.95 bits per heavy atom. The first-order valence-electron chi connectivity index (χ1n) is 7.14. The lowest BCUT2D eigenvalue weighted by Gasteiger charge is -2.29. The molecule has 104 valence electrons. The van der Waals surface area contributed by atoms with E-state index >= 15 is 0 Å². The quantitative estimate of drug-likeness (QED) is 0.916. The van der Waals surface area contributed by atoms with Crippen LogP contribution in [0.5, 0.6) is 0 Å². The number of nitrogens with one attached hydrogen (secondary N) is 1.